The van der Waals surface area contributed by atoms with E-state index in [4.69, 9.17) is 0 Å². The second-order valence-corrected chi connectivity index (χ2v) is 5.19. The van der Waals surface area contributed by atoms with E-state index in [2.05, 4.69) is 43.2 Å². The van der Waals surface area contributed by atoms with E-state index in [1.54, 1.807) is 0 Å². The van der Waals surface area contributed by atoms with Gasteiger partial charge in [-0.1, -0.05) is 0 Å². The Bertz CT molecular complexity index is 162. The number of nitrogens with zero attached hydrogens (tertiary/aromatic N) is 2. The van der Waals surface area contributed by atoms with E-state index in [1.807, 2.05) is 0 Å². The van der Waals surface area contributed by atoms with Gasteiger partial charge in [0.1, 0.15) is 0 Å². The predicted octanol–water partition coefficient (Wildman–Crippen LogP) is 0.868. The summed E-state index contributed by atoms with van der Waals surface area (Å²) in [4.78, 5) is 4.66. The van der Waals surface area contributed by atoms with Crippen molar-refractivity contribution < 1.29 is 0 Å². The first kappa shape index (κ1) is 12.9. The first-order valence-corrected chi connectivity index (χ1v) is 6.16. The van der Waals surface area contributed by atoms with Crippen LogP contribution in [-0.4, -0.2) is 63.2 Å². The topological polar surface area (TPSA) is 18.5 Å². The SMILES string of the molecule is CC(NCCN(C)C)C1CCN(C)CC1. The highest BCUT2D eigenvalue weighted by Gasteiger charge is 2.21. The molecule has 90 valence electrons. The molecule has 1 aliphatic heterocycles. The summed E-state index contributed by atoms with van der Waals surface area (Å²) in [5.41, 5.74) is 0. The van der Waals surface area contributed by atoms with Crippen molar-refractivity contribution in [2.24, 2.45) is 5.92 Å². The Morgan fingerprint density at radius 3 is 2.47 bits per heavy atom. The molecule has 1 atom stereocenters. The molecule has 0 spiro atoms. The second kappa shape index (κ2) is 6.46. The summed E-state index contributed by atoms with van der Waals surface area (Å²) < 4.78 is 0. The van der Waals surface area contributed by atoms with Crippen LogP contribution in [0, 0.1) is 5.92 Å². The van der Waals surface area contributed by atoms with Gasteiger partial charge in [0.15, 0.2) is 0 Å². The maximum Gasteiger partial charge on any atom is 0.0101 e. The Kier molecular flexibility index (Phi) is 5.58. The first-order chi connectivity index (χ1) is 7.09. The molecule has 0 aliphatic carbocycles. The lowest BCUT2D eigenvalue weighted by Crippen LogP contribution is -2.42. The first-order valence-electron chi connectivity index (χ1n) is 6.16. The van der Waals surface area contributed by atoms with E-state index in [0.717, 1.165) is 19.0 Å². The summed E-state index contributed by atoms with van der Waals surface area (Å²) in [6.45, 7) is 7.12. The van der Waals surface area contributed by atoms with Crippen LogP contribution >= 0.6 is 0 Å². The number of hydrogen-bond acceptors (Lipinski definition) is 3. The molecule has 1 saturated heterocycles. The Morgan fingerprint density at radius 1 is 1.33 bits per heavy atom. The zero-order chi connectivity index (χ0) is 11.3. The molecule has 1 fully saturated rings. The van der Waals surface area contributed by atoms with Crippen molar-refractivity contribution in [2.75, 3.05) is 47.3 Å². The summed E-state index contributed by atoms with van der Waals surface area (Å²) in [6.07, 6.45) is 2.71. The highest BCUT2D eigenvalue weighted by atomic mass is 15.1. The summed E-state index contributed by atoms with van der Waals surface area (Å²) in [7, 11) is 6.48. The highest BCUT2D eigenvalue weighted by molar-refractivity contribution is 4.78. The molecule has 1 heterocycles. The Morgan fingerprint density at radius 2 is 1.93 bits per heavy atom. The van der Waals surface area contributed by atoms with E-state index >= 15 is 0 Å². The normalized spacial score (nSPS) is 22.2. The van der Waals surface area contributed by atoms with Gasteiger partial charge in [-0.3, -0.25) is 0 Å². The molecule has 0 aromatic carbocycles. The third kappa shape index (κ3) is 4.96. The van der Waals surface area contributed by atoms with Crippen molar-refractivity contribution in [3.63, 3.8) is 0 Å². The maximum atomic E-state index is 3.64. The third-order valence-corrected chi connectivity index (χ3v) is 3.50. The number of likely N-dealkylation sites (N-methyl/N-ethyl adjacent to an activating group) is 1. The minimum Gasteiger partial charge on any atom is -0.313 e. The van der Waals surface area contributed by atoms with Crippen molar-refractivity contribution >= 4 is 0 Å². The molecule has 0 radical (unpaired) electrons. The van der Waals surface area contributed by atoms with Gasteiger partial charge in [-0.15, -0.1) is 0 Å². The summed E-state index contributed by atoms with van der Waals surface area (Å²) in [6, 6.07) is 0.679. The molecule has 0 saturated carbocycles. The summed E-state index contributed by atoms with van der Waals surface area (Å²) in [5.74, 6) is 0.878. The van der Waals surface area contributed by atoms with Gasteiger partial charge in [0, 0.05) is 19.1 Å². The maximum absolute atomic E-state index is 3.64. The van der Waals surface area contributed by atoms with Gasteiger partial charge in [0.05, 0.1) is 0 Å². The molecule has 1 N–H and O–H groups in total. The van der Waals surface area contributed by atoms with Crippen LogP contribution in [0.5, 0.6) is 0 Å². The monoisotopic (exact) mass is 213 g/mol. The van der Waals surface area contributed by atoms with Crippen LogP contribution in [0.3, 0.4) is 0 Å². The van der Waals surface area contributed by atoms with Gasteiger partial charge in [0.2, 0.25) is 0 Å². The molecular formula is C12H27N3. The van der Waals surface area contributed by atoms with Gasteiger partial charge in [-0.05, 0) is 59.9 Å². The van der Waals surface area contributed by atoms with Gasteiger partial charge in [-0.25, -0.2) is 0 Å². The number of piperidine rings is 1. The molecule has 1 aliphatic rings. The quantitative estimate of drug-likeness (QED) is 0.731. The molecule has 0 bridgehead atoms. The van der Waals surface area contributed by atoms with Gasteiger partial charge >= 0.3 is 0 Å². The van der Waals surface area contributed by atoms with Crippen LogP contribution in [-0.2, 0) is 0 Å². The Balaban J connectivity index is 2.13. The van der Waals surface area contributed by atoms with Crippen LogP contribution in [0.25, 0.3) is 0 Å². The minimum absolute atomic E-state index is 0.679. The lowest BCUT2D eigenvalue weighted by atomic mass is 9.90. The van der Waals surface area contributed by atoms with E-state index in [0.29, 0.717) is 6.04 Å². The van der Waals surface area contributed by atoms with Crippen LogP contribution in [0.2, 0.25) is 0 Å². The number of hydrogen-bond donors (Lipinski definition) is 1. The molecule has 0 amide bonds. The zero-order valence-corrected chi connectivity index (χ0v) is 10.8. The average molecular weight is 213 g/mol. The van der Waals surface area contributed by atoms with Crippen molar-refractivity contribution in [1.82, 2.24) is 15.1 Å². The van der Waals surface area contributed by atoms with E-state index in [9.17, 15) is 0 Å². The number of likely N-dealkylation sites (tertiary alicyclic amines) is 1. The predicted molar refractivity (Wildman–Crippen MR) is 66.2 cm³/mol. The summed E-state index contributed by atoms with van der Waals surface area (Å²) >= 11 is 0. The number of rotatable bonds is 5. The number of nitrogens with one attached hydrogen (secondary N) is 1. The molecule has 0 aromatic rings. The zero-order valence-electron chi connectivity index (χ0n) is 10.8. The third-order valence-electron chi connectivity index (χ3n) is 3.50. The van der Waals surface area contributed by atoms with E-state index in [-0.39, 0.29) is 0 Å². The average Bonchev–Trinajstić information content (AvgIpc) is 2.18. The van der Waals surface area contributed by atoms with Crippen LogP contribution < -0.4 is 5.32 Å². The standard InChI is InChI=1S/C12H27N3/c1-11(13-7-10-14(2)3)12-5-8-15(4)9-6-12/h11-13H,5-10H2,1-4H3. The molecule has 3 heteroatoms. The molecule has 3 nitrogen and oxygen atoms in total. The lowest BCUT2D eigenvalue weighted by Gasteiger charge is -2.33. The largest absolute Gasteiger partial charge is 0.313 e. The fourth-order valence-electron chi connectivity index (χ4n) is 2.21. The molecule has 0 aromatic heterocycles. The second-order valence-electron chi connectivity index (χ2n) is 5.19. The van der Waals surface area contributed by atoms with Crippen LogP contribution in [0.1, 0.15) is 19.8 Å². The lowest BCUT2D eigenvalue weighted by molar-refractivity contribution is 0.188. The van der Waals surface area contributed by atoms with Crippen molar-refractivity contribution in [3.8, 4) is 0 Å². The molecule has 1 rings (SSSR count). The molecule has 15 heavy (non-hydrogen) atoms. The van der Waals surface area contributed by atoms with E-state index < -0.39 is 0 Å². The van der Waals surface area contributed by atoms with E-state index in [1.165, 1.54) is 25.9 Å². The fraction of sp³-hybridized carbons (Fsp3) is 1.00. The fourth-order valence-corrected chi connectivity index (χ4v) is 2.21. The van der Waals surface area contributed by atoms with Gasteiger partial charge < -0.3 is 15.1 Å². The van der Waals surface area contributed by atoms with Gasteiger partial charge in [-0.2, -0.15) is 0 Å². The van der Waals surface area contributed by atoms with Crippen molar-refractivity contribution in [2.45, 2.75) is 25.8 Å². The highest BCUT2D eigenvalue weighted by Crippen LogP contribution is 2.19. The van der Waals surface area contributed by atoms with Crippen molar-refractivity contribution in [3.05, 3.63) is 0 Å². The molecular weight excluding hydrogens is 186 g/mol. The van der Waals surface area contributed by atoms with Crippen molar-refractivity contribution in [1.29, 1.82) is 0 Å². The smallest absolute Gasteiger partial charge is 0.0101 e. The Labute approximate surface area is 94.8 Å². The van der Waals surface area contributed by atoms with Gasteiger partial charge in [0.25, 0.3) is 0 Å². The van der Waals surface area contributed by atoms with Crippen LogP contribution in [0.4, 0.5) is 0 Å². The van der Waals surface area contributed by atoms with Crippen LogP contribution in [0.15, 0.2) is 0 Å². The Hall–Kier alpha value is -0.120. The summed E-state index contributed by atoms with van der Waals surface area (Å²) in [5, 5.41) is 3.64. The molecule has 1 unspecified atom stereocenters. The minimum atomic E-state index is 0.679.